The largest absolute Gasteiger partial charge is 0.335 e. The first-order chi connectivity index (χ1) is 15.2. The van der Waals surface area contributed by atoms with E-state index in [1.165, 1.54) is 12.1 Å². The molecule has 1 aliphatic rings. The van der Waals surface area contributed by atoms with Gasteiger partial charge in [-0.25, -0.2) is 9.69 Å². The molecule has 162 valence electrons. The van der Waals surface area contributed by atoms with Gasteiger partial charge in [0, 0.05) is 22.1 Å². The summed E-state index contributed by atoms with van der Waals surface area (Å²) in [4.78, 5) is 39.1. The van der Waals surface area contributed by atoms with E-state index in [0.29, 0.717) is 10.7 Å². The molecule has 1 aliphatic heterocycles. The highest BCUT2D eigenvalue weighted by molar-refractivity contribution is 6.39. The monoisotopic (exact) mass is 447 g/mol. The zero-order valence-corrected chi connectivity index (χ0v) is 18.9. The summed E-state index contributed by atoms with van der Waals surface area (Å²) in [6.45, 7) is 7.73. The van der Waals surface area contributed by atoms with E-state index in [4.69, 9.17) is 11.6 Å². The lowest BCUT2D eigenvalue weighted by Gasteiger charge is -2.26. The second-order valence-electron chi connectivity index (χ2n) is 7.89. The number of aromatic nitrogens is 1. The zero-order chi connectivity index (χ0) is 23.2. The van der Waals surface area contributed by atoms with Gasteiger partial charge in [0.05, 0.1) is 5.69 Å². The number of halogens is 1. The fourth-order valence-electron chi connectivity index (χ4n) is 3.87. The molecular weight excluding hydrogens is 426 g/mol. The molecule has 1 N–H and O–H groups in total. The lowest BCUT2D eigenvalue weighted by atomic mass is 10.1. The molecule has 0 unspecified atom stereocenters. The molecule has 0 atom stereocenters. The van der Waals surface area contributed by atoms with Gasteiger partial charge in [0.2, 0.25) is 0 Å². The Morgan fingerprint density at radius 2 is 1.66 bits per heavy atom. The third-order valence-electron chi connectivity index (χ3n) is 5.55. The Morgan fingerprint density at radius 3 is 2.34 bits per heavy atom. The minimum absolute atomic E-state index is 0.120. The van der Waals surface area contributed by atoms with Crippen LogP contribution >= 0.6 is 11.6 Å². The van der Waals surface area contributed by atoms with Crippen LogP contribution in [0.25, 0.3) is 11.8 Å². The summed E-state index contributed by atoms with van der Waals surface area (Å²) in [5.41, 5.74) is 5.68. The SMILES string of the molecule is Cc1cccc(-n2c(C)cc(/C=C3/C(=O)NC(=O)N(c4ccc(C)c(Cl)c4)C3=O)c2C)c1. The summed E-state index contributed by atoms with van der Waals surface area (Å²) in [5, 5.41) is 2.68. The van der Waals surface area contributed by atoms with Crippen LogP contribution in [0.4, 0.5) is 10.5 Å². The van der Waals surface area contributed by atoms with Crippen LogP contribution in [0.1, 0.15) is 28.1 Å². The molecule has 7 heteroatoms. The van der Waals surface area contributed by atoms with Gasteiger partial charge in [0.15, 0.2) is 0 Å². The highest BCUT2D eigenvalue weighted by Crippen LogP contribution is 2.28. The van der Waals surface area contributed by atoms with Crippen LogP contribution in [0.2, 0.25) is 5.02 Å². The number of amides is 4. The van der Waals surface area contributed by atoms with Gasteiger partial charge in [-0.05, 0) is 80.8 Å². The first kappa shape index (κ1) is 21.6. The number of aryl methyl sites for hydroxylation is 3. The summed E-state index contributed by atoms with van der Waals surface area (Å²) in [6.07, 6.45) is 1.53. The number of hydrogen-bond acceptors (Lipinski definition) is 3. The van der Waals surface area contributed by atoms with Crippen molar-refractivity contribution in [2.45, 2.75) is 27.7 Å². The Hall–Kier alpha value is -3.64. The van der Waals surface area contributed by atoms with Crippen molar-refractivity contribution in [3.63, 3.8) is 0 Å². The van der Waals surface area contributed by atoms with E-state index >= 15 is 0 Å². The van der Waals surface area contributed by atoms with E-state index in [-0.39, 0.29) is 5.57 Å². The van der Waals surface area contributed by atoms with E-state index in [1.807, 2.05) is 52.0 Å². The second kappa shape index (κ2) is 8.13. The first-order valence-electron chi connectivity index (χ1n) is 10.1. The molecule has 1 aromatic heterocycles. The van der Waals surface area contributed by atoms with E-state index in [2.05, 4.69) is 16.0 Å². The van der Waals surface area contributed by atoms with Crippen molar-refractivity contribution in [2.24, 2.45) is 0 Å². The molecule has 32 heavy (non-hydrogen) atoms. The lowest BCUT2D eigenvalue weighted by molar-refractivity contribution is -0.122. The maximum atomic E-state index is 13.2. The Kier molecular flexibility index (Phi) is 5.48. The quantitative estimate of drug-likeness (QED) is 0.452. The molecule has 0 bridgehead atoms. The van der Waals surface area contributed by atoms with Gasteiger partial charge >= 0.3 is 6.03 Å². The van der Waals surface area contributed by atoms with Gasteiger partial charge in [-0.1, -0.05) is 29.8 Å². The van der Waals surface area contributed by atoms with Crippen LogP contribution in [0.15, 0.2) is 54.1 Å². The van der Waals surface area contributed by atoms with E-state index in [1.54, 1.807) is 12.1 Å². The normalized spacial score (nSPS) is 15.5. The Labute approximate surface area is 191 Å². The summed E-state index contributed by atoms with van der Waals surface area (Å²) in [5.74, 6) is -1.42. The zero-order valence-electron chi connectivity index (χ0n) is 18.2. The van der Waals surface area contributed by atoms with Crippen molar-refractivity contribution in [1.82, 2.24) is 9.88 Å². The minimum atomic E-state index is -0.803. The summed E-state index contributed by atoms with van der Waals surface area (Å²) >= 11 is 6.18. The maximum Gasteiger partial charge on any atom is 0.335 e. The highest BCUT2D eigenvalue weighted by atomic mass is 35.5. The average molecular weight is 448 g/mol. The molecule has 0 saturated carbocycles. The van der Waals surface area contributed by atoms with Crippen molar-refractivity contribution in [3.8, 4) is 5.69 Å². The standard InChI is InChI=1S/C25H22ClN3O3/c1-14-6-5-7-19(10-14)28-16(3)11-18(17(28)4)12-21-23(30)27-25(32)29(24(21)31)20-9-8-15(2)22(26)13-20/h5-13H,1-4H3,(H,27,30,32)/b21-12-. The number of anilines is 1. The molecule has 4 rings (SSSR count). The van der Waals surface area contributed by atoms with Crippen LogP contribution in [0.5, 0.6) is 0 Å². The molecule has 6 nitrogen and oxygen atoms in total. The smallest absolute Gasteiger partial charge is 0.318 e. The molecule has 0 aliphatic carbocycles. The number of nitrogens with zero attached hydrogens (tertiary/aromatic N) is 2. The fourth-order valence-corrected chi connectivity index (χ4v) is 4.04. The van der Waals surface area contributed by atoms with Crippen LogP contribution in [-0.4, -0.2) is 22.4 Å². The Bertz CT molecular complexity index is 1320. The molecule has 0 radical (unpaired) electrons. The van der Waals surface area contributed by atoms with Crippen LogP contribution in [0.3, 0.4) is 0 Å². The van der Waals surface area contributed by atoms with Crippen molar-refractivity contribution >= 4 is 41.2 Å². The van der Waals surface area contributed by atoms with Gasteiger partial charge in [0.25, 0.3) is 11.8 Å². The summed E-state index contributed by atoms with van der Waals surface area (Å²) < 4.78 is 2.06. The predicted octanol–water partition coefficient (Wildman–Crippen LogP) is 5.03. The first-order valence-corrected chi connectivity index (χ1v) is 10.5. The van der Waals surface area contributed by atoms with Gasteiger partial charge in [-0.2, -0.15) is 0 Å². The third kappa shape index (κ3) is 3.74. The number of carbonyl (C=O) groups excluding carboxylic acids is 3. The van der Waals surface area contributed by atoms with Gasteiger partial charge in [-0.15, -0.1) is 0 Å². The number of hydrogen-bond donors (Lipinski definition) is 1. The topological polar surface area (TPSA) is 71.4 Å². The summed E-state index contributed by atoms with van der Waals surface area (Å²) in [6, 6.07) is 14.1. The van der Waals surface area contributed by atoms with E-state index in [0.717, 1.165) is 38.7 Å². The average Bonchev–Trinajstić information content (AvgIpc) is 3.00. The number of urea groups is 1. The molecule has 2 heterocycles. The molecule has 1 saturated heterocycles. The predicted molar refractivity (Wildman–Crippen MR) is 125 cm³/mol. The van der Waals surface area contributed by atoms with Gasteiger partial charge < -0.3 is 4.57 Å². The van der Waals surface area contributed by atoms with E-state index in [9.17, 15) is 14.4 Å². The highest BCUT2D eigenvalue weighted by Gasteiger charge is 2.37. The van der Waals surface area contributed by atoms with Gasteiger partial charge in [0.1, 0.15) is 5.57 Å². The molecule has 2 aromatic carbocycles. The van der Waals surface area contributed by atoms with Crippen LogP contribution < -0.4 is 10.2 Å². The number of imide groups is 2. The number of benzene rings is 2. The number of rotatable bonds is 3. The fraction of sp³-hybridized carbons (Fsp3) is 0.160. The molecular formula is C25H22ClN3O3. The Morgan fingerprint density at radius 1 is 0.906 bits per heavy atom. The van der Waals surface area contributed by atoms with Crippen molar-refractivity contribution in [3.05, 3.63) is 87.2 Å². The number of carbonyl (C=O) groups is 3. The molecule has 4 amide bonds. The van der Waals surface area contributed by atoms with Crippen molar-refractivity contribution in [1.29, 1.82) is 0 Å². The van der Waals surface area contributed by atoms with Crippen molar-refractivity contribution in [2.75, 3.05) is 4.90 Å². The Balaban J connectivity index is 1.77. The number of barbiturate groups is 1. The van der Waals surface area contributed by atoms with Crippen LogP contribution in [-0.2, 0) is 9.59 Å². The lowest BCUT2D eigenvalue weighted by Crippen LogP contribution is -2.54. The second-order valence-corrected chi connectivity index (χ2v) is 8.30. The number of nitrogens with one attached hydrogen (secondary N) is 1. The molecule has 0 spiro atoms. The van der Waals surface area contributed by atoms with Crippen molar-refractivity contribution < 1.29 is 14.4 Å². The molecule has 3 aromatic rings. The van der Waals surface area contributed by atoms with Crippen LogP contribution in [0, 0.1) is 27.7 Å². The van der Waals surface area contributed by atoms with Gasteiger partial charge in [-0.3, -0.25) is 14.9 Å². The summed E-state index contributed by atoms with van der Waals surface area (Å²) in [7, 11) is 0. The minimum Gasteiger partial charge on any atom is -0.318 e. The third-order valence-corrected chi connectivity index (χ3v) is 5.95. The maximum absolute atomic E-state index is 13.2. The van der Waals surface area contributed by atoms with E-state index < -0.39 is 17.8 Å². The molecule has 1 fully saturated rings.